The van der Waals surface area contributed by atoms with Gasteiger partial charge >= 0.3 is 6.09 Å². The molecule has 1 amide bonds. The summed E-state index contributed by atoms with van der Waals surface area (Å²) in [6.45, 7) is 7.39. The first-order valence-electron chi connectivity index (χ1n) is 7.93. The number of piperidine rings is 1. The Labute approximate surface area is 137 Å². The van der Waals surface area contributed by atoms with Crippen molar-refractivity contribution in [2.75, 3.05) is 25.5 Å². The molecule has 6 heteroatoms. The molecule has 1 fully saturated rings. The second kappa shape index (κ2) is 7.55. The third kappa shape index (κ3) is 5.63. The van der Waals surface area contributed by atoms with Gasteiger partial charge in [-0.25, -0.2) is 4.79 Å². The number of nitrogens with one attached hydrogen (secondary N) is 2. The molecule has 0 aromatic heterocycles. The fourth-order valence-electron chi connectivity index (χ4n) is 2.36. The third-order valence-corrected chi connectivity index (χ3v) is 3.39. The molecule has 128 valence electrons. The van der Waals surface area contributed by atoms with Crippen molar-refractivity contribution in [3.63, 3.8) is 0 Å². The molecule has 1 aliphatic heterocycles. The summed E-state index contributed by atoms with van der Waals surface area (Å²) in [6, 6.07) is 5.33. The summed E-state index contributed by atoms with van der Waals surface area (Å²) in [5, 5.41) is 6.00. The normalized spacial score (nSPS) is 15.8. The third-order valence-electron chi connectivity index (χ3n) is 3.39. The van der Waals surface area contributed by atoms with E-state index in [1.54, 1.807) is 19.2 Å². The van der Waals surface area contributed by atoms with E-state index in [-0.39, 0.29) is 6.10 Å². The summed E-state index contributed by atoms with van der Waals surface area (Å²) in [7, 11) is 1.59. The van der Waals surface area contributed by atoms with Gasteiger partial charge in [0, 0.05) is 11.8 Å². The Hall–Kier alpha value is -1.95. The maximum Gasteiger partial charge on any atom is 0.412 e. The van der Waals surface area contributed by atoms with Crippen molar-refractivity contribution in [1.82, 2.24) is 5.32 Å². The molecule has 2 rings (SSSR count). The first kappa shape index (κ1) is 17.4. The standard InChI is InChI=1S/C17H26N2O4/c1-17(2,3)23-16(20)19-12-5-6-14(15(11-12)21-4)22-13-7-9-18-10-8-13/h5-6,11,13,18H,7-10H2,1-4H3,(H,19,20). The molecule has 0 aliphatic carbocycles. The number of amides is 1. The fourth-order valence-corrected chi connectivity index (χ4v) is 2.36. The lowest BCUT2D eigenvalue weighted by Gasteiger charge is -2.25. The van der Waals surface area contributed by atoms with Gasteiger partial charge in [-0.05, 0) is 58.8 Å². The van der Waals surface area contributed by atoms with Crippen LogP contribution in [0.25, 0.3) is 0 Å². The van der Waals surface area contributed by atoms with Crippen molar-refractivity contribution >= 4 is 11.8 Å². The summed E-state index contributed by atoms with van der Waals surface area (Å²) in [4.78, 5) is 11.8. The van der Waals surface area contributed by atoms with Crippen LogP contribution in [0.15, 0.2) is 18.2 Å². The maximum atomic E-state index is 11.8. The number of carbonyl (C=O) groups excluding carboxylic acids is 1. The highest BCUT2D eigenvalue weighted by molar-refractivity contribution is 5.85. The number of rotatable bonds is 4. The largest absolute Gasteiger partial charge is 0.493 e. The number of hydrogen-bond donors (Lipinski definition) is 2. The first-order chi connectivity index (χ1) is 10.9. The van der Waals surface area contributed by atoms with E-state index in [0.29, 0.717) is 17.2 Å². The van der Waals surface area contributed by atoms with E-state index in [2.05, 4.69) is 10.6 Å². The quantitative estimate of drug-likeness (QED) is 0.891. The highest BCUT2D eigenvalue weighted by atomic mass is 16.6. The Balaban J connectivity index is 2.02. The Morgan fingerprint density at radius 2 is 1.91 bits per heavy atom. The van der Waals surface area contributed by atoms with Crippen LogP contribution in [-0.2, 0) is 4.74 Å². The molecule has 23 heavy (non-hydrogen) atoms. The van der Waals surface area contributed by atoms with Gasteiger partial charge in [-0.2, -0.15) is 0 Å². The van der Waals surface area contributed by atoms with Crippen molar-refractivity contribution in [3.05, 3.63) is 18.2 Å². The first-order valence-corrected chi connectivity index (χ1v) is 7.93. The highest BCUT2D eigenvalue weighted by Gasteiger charge is 2.19. The lowest BCUT2D eigenvalue weighted by atomic mass is 10.1. The van der Waals surface area contributed by atoms with Crippen molar-refractivity contribution in [2.45, 2.75) is 45.3 Å². The minimum absolute atomic E-state index is 0.190. The highest BCUT2D eigenvalue weighted by Crippen LogP contribution is 2.32. The maximum absolute atomic E-state index is 11.8. The Bertz CT molecular complexity index is 534. The van der Waals surface area contributed by atoms with E-state index in [0.717, 1.165) is 25.9 Å². The molecule has 1 aliphatic rings. The van der Waals surface area contributed by atoms with Crippen LogP contribution in [0.3, 0.4) is 0 Å². The Morgan fingerprint density at radius 3 is 2.52 bits per heavy atom. The van der Waals surface area contributed by atoms with Crippen LogP contribution >= 0.6 is 0 Å². The molecule has 1 saturated heterocycles. The van der Waals surface area contributed by atoms with Crippen LogP contribution in [0.5, 0.6) is 11.5 Å². The van der Waals surface area contributed by atoms with E-state index in [1.807, 2.05) is 26.8 Å². The Kier molecular flexibility index (Phi) is 5.71. The molecular weight excluding hydrogens is 296 g/mol. The molecule has 6 nitrogen and oxygen atoms in total. The van der Waals surface area contributed by atoms with Crippen LogP contribution in [0, 0.1) is 0 Å². The molecule has 1 aromatic carbocycles. The molecular formula is C17H26N2O4. The summed E-state index contributed by atoms with van der Waals surface area (Å²) in [5.41, 5.74) is 0.0699. The minimum Gasteiger partial charge on any atom is -0.493 e. The van der Waals surface area contributed by atoms with E-state index in [1.165, 1.54) is 0 Å². The molecule has 1 aromatic rings. The number of hydrogen-bond acceptors (Lipinski definition) is 5. The van der Waals surface area contributed by atoms with E-state index >= 15 is 0 Å². The van der Waals surface area contributed by atoms with Gasteiger partial charge in [-0.15, -0.1) is 0 Å². The van der Waals surface area contributed by atoms with E-state index < -0.39 is 11.7 Å². The molecule has 0 atom stereocenters. The average molecular weight is 322 g/mol. The molecule has 2 N–H and O–H groups in total. The predicted molar refractivity (Wildman–Crippen MR) is 89.4 cm³/mol. The van der Waals surface area contributed by atoms with Crippen molar-refractivity contribution in [1.29, 1.82) is 0 Å². The topological polar surface area (TPSA) is 68.8 Å². The van der Waals surface area contributed by atoms with E-state index in [4.69, 9.17) is 14.2 Å². The zero-order valence-electron chi connectivity index (χ0n) is 14.3. The van der Waals surface area contributed by atoms with Crippen molar-refractivity contribution < 1.29 is 19.0 Å². The lowest BCUT2D eigenvalue weighted by molar-refractivity contribution is 0.0636. The zero-order valence-corrected chi connectivity index (χ0v) is 14.3. The molecule has 0 bridgehead atoms. The number of ether oxygens (including phenoxy) is 3. The summed E-state index contributed by atoms with van der Waals surface area (Å²) in [5.74, 6) is 1.28. The molecule has 0 saturated carbocycles. The summed E-state index contributed by atoms with van der Waals surface area (Å²) >= 11 is 0. The van der Waals surface area contributed by atoms with Gasteiger partial charge in [-0.1, -0.05) is 0 Å². The number of anilines is 1. The number of methoxy groups -OCH3 is 1. The van der Waals surface area contributed by atoms with Crippen LogP contribution in [0.2, 0.25) is 0 Å². The monoisotopic (exact) mass is 322 g/mol. The van der Waals surface area contributed by atoms with Gasteiger partial charge < -0.3 is 19.5 Å². The molecule has 1 heterocycles. The minimum atomic E-state index is -0.535. The summed E-state index contributed by atoms with van der Waals surface area (Å²) < 4.78 is 16.6. The van der Waals surface area contributed by atoms with Crippen LogP contribution in [-0.4, -0.2) is 38.0 Å². The fraction of sp³-hybridized carbons (Fsp3) is 0.588. The van der Waals surface area contributed by atoms with Crippen LogP contribution in [0.1, 0.15) is 33.6 Å². The van der Waals surface area contributed by atoms with Gasteiger partial charge in [-0.3, -0.25) is 5.32 Å². The van der Waals surface area contributed by atoms with Gasteiger partial charge in [0.15, 0.2) is 11.5 Å². The lowest BCUT2D eigenvalue weighted by Crippen LogP contribution is -2.34. The smallest absolute Gasteiger partial charge is 0.412 e. The number of benzene rings is 1. The second-order valence-corrected chi connectivity index (χ2v) is 6.56. The molecule has 0 radical (unpaired) electrons. The molecule has 0 spiro atoms. The second-order valence-electron chi connectivity index (χ2n) is 6.56. The van der Waals surface area contributed by atoms with Gasteiger partial charge in [0.1, 0.15) is 11.7 Å². The Morgan fingerprint density at radius 1 is 1.22 bits per heavy atom. The van der Waals surface area contributed by atoms with Crippen molar-refractivity contribution in [2.24, 2.45) is 0 Å². The van der Waals surface area contributed by atoms with Crippen LogP contribution in [0.4, 0.5) is 10.5 Å². The summed E-state index contributed by atoms with van der Waals surface area (Å²) in [6.07, 6.45) is 1.64. The average Bonchev–Trinajstić information content (AvgIpc) is 2.48. The van der Waals surface area contributed by atoms with Crippen LogP contribution < -0.4 is 20.1 Å². The van der Waals surface area contributed by atoms with E-state index in [9.17, 15) is 4.79 Å². The number of carbonyl (C=O) groups is 1. The zero-order chi connectivity index (χ0) is 16.9. The van der Waals surface area contributed by atoms with Gasteiger partial charge in [0.2, 0.25) is 0 Å². The van der Waals surface area contributed by atoms with Gasteiger partial charge in [0.05, 0.1) is 7.11 Å². The van der Waals surface area contributed by atoms with Crippen molar-refractivity contribution in [3.8, 4) is 11.5 Å². The predicted octanol–water partition coefficient (Wildman–Crippen LogP) is 3.17. The SMILES string of the molecule is COc1cc(NC(=O)OC(C)(C)C)ccc1OC1CCNCC1. The van der Waals surface area contributed by atoms with Gasteiger partial charge in [0.25, 0.3) is 0 Å². The molecule has 0 unspecified atom stereocenters.